The molecule has 90 valence electrons. The van der Waals surface area contributed by atoms with Crippen molar-refractivity contribution in [2.75, 3.05) is 6.61 Å². The molecule has 0 atom stereocenters. The van der Waals surface area contributed by atoms with Crippen molar-refractivity contribution in [3.05, 3.63) is 24.3 Å². The van der Waals surface area contributed by atoms with Gasteiger partial charge in [0.25, 0.3) is 0 Å². The highest BCUT2D eigenvalue weighted by Gasteiger charge is 2.08. The minimum absolute atomic E-state index is 0.105. The summed E-state index contributed by atoms with van der Waals surface area (Å²) in [5, 5.41) is 0. The van der Waals surface area contributed by atoms with Gasteiger partial charge < -0.3 is 9.47 Å². The van der Waals surface area contributed by atoms with Gasteiger partial charge in [-0.3, -0.25) is 4.79 Å². The average molecular weight is 232 g/mol. The molecule has 0 saturated heterocycles. The number of para-hydroxylation sites is 2. The van der Waals surface area contributed by atoms with Crippen molar-refractivity contribution in [3.8, 4) is 23.3 Å². The first-order valence-electron chi connectivity index (χ1n) is 5.66. The van der Waals surface area contributed by atoms with E-state index in [0.29, 0.717) is 18.1 Å². The molecule has 1 aromatic rings. The van der Waals surface area contributed by atoms with Gasteiger partial charge in [-0.15, -0.1) is 5.92 Å². The molecule has 0 aliphatic carbocycles. The molecule has 1 rings (SSSR count). The normalized spacial score (nSPS) is 9.06. The zero-order valence-corrected chi connectivity index (χ0v) is 10.2. The Hall–Kier alpha value is -1.95. The molecule has 0 aliphatic heterocycles. The summed E-state index contributed by atoms with van der Waals surface area (Å²) in [7, 11) is 0. The van der Waals surface area contributed by atoms with E-state index in [0.717, 1.165) is 6.42 Å². The minimum Gasteiger partial charge on any atom is -0.490 e. The number of ether oxygens (including phenoxy) is 2. The zero-order valence-electron chi connectivity index (χ0n) is 10.2. The van der Waals surface area contributed by atoms with Crippen LogP contribution in [0.15, 0.2) is 24.3 Å². The largest absolute Gasteiger partial charge is 0.490 e. The summed E-state index contributed by atoms with van der Waals surface area (Å²) in [6, 6.07) is 7.10. The number of benzene rings is 1. The Balaban J connectivity index is 2.64. The van der Waals surface area contributed by atoms with Crippen molar-refractivity contribution in [3.63, 3.8) is 0 Å². The molecule has 0 saturated carbocycles. The lowest BCUT2D eigenvalue weighted by molar-refractivity contribution is -0.133. The number of hydrogen-bond acceptors (Lipinski definition) is 3. The van der Waals surface area contributed by atoms with E-state index in [4.69, 9.17) is 9.47 Å². The van der Waals surface area contributed by atoms with Gasteiger partial charge in [0.2, 0.25) is 0 Å². The number of rotatable bonds is 4. The van der Waals surface area contributed by atoms with Gasteiger partial charge in [-0.05, 0) is 19.1 Å². The molecule has 0 aliphatic rings. The lowest BCUT2D eigenvalue weighted by Crippen LogP contribution is -2.07. The van der Waals surface area contributed by atoms with E-state index < -0.39 is 0 Å². The van der Waals surface area contributed by atoms with Crippen molar-refractivity contribution < 1.29 is 14.3 Å². The molecule has 1 aromatic carbocycles. The van der Waals surface area contributed by atoms with E-state index >= 15 is 0 Å². The quantitative estimate of drug-likeness (QED) is 0.455. The van der Waals surface area contributed by atoms with Crippen LogP contribution in [0.1, 0.15) is 26.7 Å². The molecule has 0 radical (unpaired) electrons. The summed E-state index contributed by atoms with van der Waals surface area (Å²) in [6.07, 6.45) is 0.844. The Morgan fingerprint density at radius 1 is 1.18 bits per heavy atom. The molecule has 0 aromatic heterocycles. The first-order chi connectivity index (χ1) is 8.27. The van der Waals surface area contributed by atoms with E-state index in [1.807, 2.05) is 19.9 Å². The highest BCUT2D eigenvalue weighted by molar-refractivity contribution is 5.75. The Bertz CT molecular complexity index is 427. The van der Waals surface area contributed by atoms with E-state index in [9.17, 15) is 4.79 Å². The van der Waals surface area contributed by atoms with Crippen LogP contribution in [0.25, 0.3) is 0 Å². The number of carbonyl (C=O) groups excluding carboxylic acids is 1. The summed E-state index contributed by atoms with van der Waals surface area (Å²) in [4.78, 5) is 11.5. The summed E-state index contributed by atoms with van der Waals surface area (Å²) < 4.78 is 10.5. The van der Waals surface area contributed by atoms with Gasteiger partial charge in [0.1, 0.15) is 6.42 Å². The maximum atomic E-state index is 11.5. The van der Waals surface area contributed by atoms with Gasteiger partial charge >= 0.3 is 5.97 Å². The maximum absolute atomic E-state index is 11.5. The van der Waals surface area contributed by atoms with Gasteiger partial charge in [0.15, 0.2) is 11.5 Å². The van der Waals surface area contributed by atoms with Crippen molar-refractivity contribution in [1.82, 2.24) is 0 Å². The molecule has 0 amide bonds. The Labute approximate surface area is 102 Å². The van der Waals surface area contributed by atoms with E-state index in [1.54, 1.807) is 18.2 Å². The average Bonchev–Trinajstić information content (AvgIpc) is 2.32. The minimum atomic E-state index is -0.363. The lowest BCUT2D eigenvalue weighted by Gasteiger charge is -2.08. The molecular formula is C14H16O3. The topological polar surface area (TPSA) is 35.5 Å². The van der Waals surface area contributed by atoms with Crippen molar-refractivity contribution in [2.24, 2.45) is 0 Å². The maximum Gasteiger partial charge on any atom is 0.323 e. The fourth-order valence-electron chi connectivity index (χ4n) is 1.23. The molecule has 0 bridgehead atoms. The summed E-state index contributed by atoms with van der Waals surface area (Å²) in [5.74, 6) is 6.22. The van der Waals surface area contributed by atoms with Crippen LogP contribution in [0.4, 0.5) is 0 Å². The van der Waals surface area contributed by atoms with Gasteiger partial charge in [-0.2, -0.15) is 0 Å². The third kappa shape index (κ3) is 4.60. The fourth-order valence-corrected chi connectivity index (χ4v) is 1.23. The molecule has 3 nitrogen and oxygen atoms in total. The summed E-state index contributed by atoms with van der Waals surface area (Å²) in [5.41, 5.74) is 0. The highest BCUT2D eigenvalue weighted by Crippen LogP contribution is 2.26. The first-order valence-corrected chi connectivity index (χ1v) is 5.66. The Morgan fingerprint density at radius 2 is 1.88 bits per heavy atom. The monoisotopic (exact) mass is 232 g/mol. The predicted molar refractivity (Wildman–Crippen MR) is 65.9 cm³/mol. The number of hydrogen-bond donors (Lipinski definition) is 0. The Morgan fingerprint density at radius 3 is 2.53 bits per heavy atom. The fraction of sp³-hybridized carbons (Fsp3) is 0.357. The summed E-state index contributed by atoms with van der Waals surface area (Å²) >= 11 is 0. The van der Waals surface area contributed by atoms with Crippen LogP contribution in [-0.2, 0) is 4.79 Å². The van der Waals surface area contributed by atoms with E-state index in [-0.39, 0.29) is 12.4 Å². The second-order valence-corrected chi connectivity index (χ2v) is 3.24. The lowest BCUT2D eigenvalue weighted by atomic mass is 10.3. The van der Waals surface area contributed by atoms with Crippen molar-refractivity contribution >= 4 is 5.97 Å². The van der Waals surface area contributed by atoms with E-state index in [2.05, 4.69) is 11.8 Å². The van der Waals surface area contributed by atoms with Crippen LogP contribution in [0.2, 0.25) is 0 Å². The van der Waals surface area contributed by atoms with Crippen LogP contribution in [0, 0.1) is 11.8 Å². The molecule has 0 fully saturated rings. The van der Waals surface area contributed by atoms with Gasteiger partial charge in [0.05, 0.1) is 6.61 Å². The smallest absolute Gasteiger partial charge is 0.323 e. The summed E-state index contributed by atoms with van der Waals surface area (Å²) in [6.45, 7) is 4.35. The van der Waals surface area contributed by atoms with Crippen molar-refractivity contribution in [1.29, 1.82) is 0 Å². The van der Waals surface area contributed by atoms with Crippen LogP contribution in [-0.4, -0.2) is 12.6 Å². The number of carbonyl (C=O) groups is 1. The molecule has 0 heterocycles. The molecule has 0 spiro atoms. The first kappa shape index (κ1) is 13.1. The molecule has 0 unspecified atom stereocenters. The number of esters is 1. The van der Waals surface area contributed by atoms with Crippen molar-refractivity contribution in [2.45, 2.75) is 26.7 Å². The van der Waals surface area contributed by atoms with Gasteiger partial charge in [-0.25, -0.2) is 0 Å². The second-order valence-electron chi connectivity index (χ2n) is 3.24. The van der Waals surface area contributed by atoms with Crippen LogP contribution >= 0.6 is 0 Å². The molecular weight excluding hydrogens is 216 g/mol. The predicted octanol–water partition coefficient (Wildman–Crippen LogP) is 2.79. The van der Waals surface area contributed by atoms with E-state index in [1.165, 1.54) is 0 Å². The third-order valence-corrected chi connectivity index (χ3v) is 1.91. The highest BCUT2D eigenvalue weighted by atomic mass is 16.6. The second kappa shape index (κ2) is 7.34. The molecule has 3 heteroatoms. The molecule has 0 N–H and O–H groups in total. The third-order valence-electron chi connectivity index (χ3n) is 1.91. The Kier molecular flexibility index (Phi) is 5.67. The van der Waals surface area contributed by atoms with Gasteiger partial charge in [0, 0.05) is 6.42 Å². The van der Waals surface area contributed by atoms with Crippen LogP contribution in [0.5, 0.6) is 11.5 Å². The van der Waals surface area contributed by atoms with Crippen LogP contribution in [0.3, 0.4) is 0 Å². The van der Waals surface area contributed by atoms with Gasteiger partial charge in [-0.1, -0.05) is 25.0 Å². The standard InChI is InChI=1S/C14H16O3/c1-3-5-6-11-14(15)17-13-10-8-7-9-12(13)16-4-2/h7-10H,3-4,11H2,1-2H3. The van der Waals surface area contributed by atoms with Crippen LogP contribution < -0.4 is 9.47 Å². The SMILES string of the molecule is CCC#CCC(=O)Oc1ccccc1OCC. The molecule has 17 heavy (non-hydrogen) atoms. The zero-order chi connectivity index (χ0) is 12.5.